The Morgan fingerprint density at radius 1 is 1.15 bits per heavy atom. The molecule has 2 heterocycles. The molecule has 1 saturated heterocycles. The Kier molecular flexibility index (Phi) is 3.55. The van der Waals surface area contributed by atoms with Crippen molar-refractivity contribution in [2.24, 2.45) is 23.7 Å². The van der Waals surface area contributed by atoms with Crippen LogP contribution in [-0.2, 0) is 20.8 Å². The maximum absolute atomic E-state index is 13.4. The van der Waals surface area contributed by atoms with Gasteiger partial charge in [0.1, 0.15) is 12.4 Å². The minimum absolute atomic E-state index is 0.146. The van der Waals surface area contributed by atoms with Crippen LogP contribution in [0.25, 0.3) is 0 Å². The lowest BCUT2D eigenvalue weighted by atomic mass is 9.85. The number of rotatable bonds is 2. The third-order valence-corrected chi connectivity index (χ3v) is 6.82. The van der Waals surface area contributed by atoms with Gasteiger partial charge < -0.3 is 4.90 Å². The number of allylic oxidation sites excluding steroid dienone is 2. The first kappa shape index (κ1) is 16.7. The summed E-state index contributed by atoms with van der Waals surface area (Å²) in [7, 11) is 0. The maximum atomic E-state index is 13.4. The van der Waals surface area contributed by atoms with Gasteiger partial charge in [0.15, 0.2) is 0 Å². The van der Waals surface area contributed by atoms with E-state index in [0.29, 0.717) is 13.0 Å². The number of hydrogen-bond donors (Lipinski definition) is 0. The monoisotopic (exact) mass is 368 g/mol. The minimum Gasteiger partial charge on any atom is -0.334 e. The molecule has 0 aromatic heterocycles. The fourth-order valence-corrected chi connectivity index (χ4v) is 5.49. The van der Waals surface area contributed by atoms with Crippen molar-refractivity contribution in [1.29, 1.82) is 0 Å². The molecule has 1 aromatic carbocycles. The Labute approximate surface area is 156 Å². The van der Waals surface area contributed by atoms with E-state index in [1.165, 1.54) is 17.0 Å². The van der Waals surface area contributed by atoms with Gasteiger partial charge in [0, 0.05) is 6.54 Å². The summed E-state index contributed by atoms with van der Waals surface area (Å²) in [5.41, 5.74) is 1.84. The van der Waals surface area contributed by atoms with Gasteiger partial charge in [-0.25, -0.2) is 4.39 Å². The molecule has 4 aliphatic rings. The Balaban J connectivity index is 1.33. The molecule has 6 heteroatoms. The molecular formula is C21H21FN2O3. The van der Waals surface area contributed by atoms with Gasteiger partial charge in [-0.1, -0.05) is 18.2 Å². The van der Waals surface area contributed by atoms with E-state index < -0.39 is 0 Å². The molecule has 2 bridgehead atoms. The largest absolute Gasteiger partial charge is 0.334 e. The fourth-order valence-electron chi connectivity index (χ4n) is 5.49. The van der Waals surface area contributed by atoms with Crippen molar-refractivity contribution < 1.29 is 18.8 Å². The summed E-state index contributed by atoms with van der Waals surface area (Å²) >= 11 is 0. The van der Waals surface area contributed by atoms with Crippen LogP contribution in [-0.4, -0.2) is 40.6 Å². The highest BCUT2D eigenvalue weighted by Gasteiger charge is 2.59. The predicted molar refractivity (Wildman–Crippen MR) is 94.7 cm³/mol. The van der Waals surface area contributed by atoms with Gasteiger partial charge in [-0.2, -0.15) is 0 Å². The summed E-state index contributed by atoms with van der Waals surface area (Å²) in [6.45, 7) is 2.18. The normalized spacial score (nSPS) is 33.6. The number of nitrogens with zero attached hydrogens (tertiary/aromatic N) is 2. The highest BCUT2D eigenvalue weighted by Crippen LogP contribution is 2.52. The molecular weight excluding hydrogens is 347 g/mol. The number of hydrogen-bond acceptors (Lipinski definition) is 3. The van der Waals surface area contributed by atoms with Crippen LogP contribution in [0.3, 0.4) is 0 Å². The summed E-state index contributed by atoms with van der Waals surface area (Å²) in [4.78, 5) is 41.4. The predicted octanol–water partition coefficient (Wildman–Crippen LogP) is 2.08. The third kappa shape index (κ3) is 2.32. The first-order valence-electron chi connectivity index (χ1n) is 9.57. The zero-order valence-electron chi connectivity index (χ0n) is 15.1. The fraction of sp³-hybridized carbons (Fsp3) is 0.476. The quantitative estimate of drug-likeness (QED) is 0.593. The van der Waals surface area contributed by atoms with Gasteiger partial charge in [-0.15, -0.1) is 0 Å². The standard InChI is InChI=1S/C21H21FN2O3/c1-11-16-5-4-15(22)9-12(16)6-7-23(11)17(25)10-24-20(26)18-13-2-3-14(8-13)19(18)21(24)27/h2-5,9,11,13-14,18-19H,6-8,10H2,1H3/t11-,13+,14+,18-,19-/m1/s1. The van der Waals surface area contributed by atoms with Crippen molar-refractivity contribution >= 4 is 17.7 Å². The number of carbonyl (C=O) groups is 3. The Morgan fingerprint density at radius 2 is 1.81 bits per heavy atom. The van der Waals surface area contributed by atoms with E-state index in [4.69, 9.17) is 0 Å². The average molecular weight is 368 g/mol. The number of amides is 3. The Bertz CT molecular complexity index is 865. The Morgan fingerprint density at radius 3 is 2.48 bits per heavy atom. The van der Waals surface area contributed by atoms with Crippen LogP contribution in [0.4, 0.5) is 4.39 Å². The smallest absolute Gasteiger partial charge is 0.243 e. The van der Waals surface area contributed by atoms with E-state index in [0.717, 1.165) is 17.5 Å². The molecule has 5 nitrogen and oxygen atoms in total. The lowest BCUT2D eigenvalue weighted by molar-refractivity contribution is -0.148. The average Bonchev–Trinajstić information content (AvgIpc) is 3.32. The zero-order chi connectivity index (χ0) is 18.9. The second-order valence-corrected chi connectivity index (χ2v) is 8.12. The highest BCUT2D eigenvalue weighted by atomic mass is 19.1. The molecule has 140 valence electrons. The van der Waals surface area contributed by atoms with Crippen LogP contribution >= 0.6 is 0 Å². The van der Waals surface area contributed by atoms with Crippen molar-refractivity contribution in [2.45, 2.75) is 25.8 Å². The molecule has 2 aliphatic carbocycles. The van der Waals surface area contributed by atoms with Crippen LogP contribution in [0.5, 0.6) is 0 Å². The van der Waals surface area contributed by atoms with Crippen molar-refractivity contribution in [1.82, 2.24) is 9.80 Å². The SMILES string of the molecule is C[C@@H]1c2ccc(F)cc2CCN1C(=O)CN1C(=O)[C@H]2[C@H](C1=O)[C@H]1C=C[C@H]2C1. The van der Waals surface area contributed by atoms with Gasteiger partial charge in [-0.3, -0.25) is 19.3 Å². The van der Waals surface area contributed by atoms with Gasteiger partial charge in [-0.05, 0) is 54.9 Å². The van der Waals surface area contributed by atoms with Gasteiger partial charge >= 0.3 is 0 Å². The third-order valence-electron chi connectivity index (χ3n) is 6.82. The van der Waals surface area contributed by atoms with Crippen LogP contribution in [0.15, 0.2) is 30.4 Å². The number of imide groups is 1. The lowest BCUT2D eigenvalue weighted by Crippen LogP contribution is -2.46. The van der Waals surface area contributed by atoms with Crippen LogP contribution < -0.4 is 0 Å². The molecule has 5 atom stereocenters. The van der Waals surface area contributed by atoms with Gasteiger partial charge in [0.05, 0.1) is 17.9 Å². The van der Waals surface area contributed by atoms with Gasteiger partial charge in [0.25, 0.3) is 0 Å². The molecule has 2 aliphatic heterocycles. The van der Waals surface area contributed by atoms with E-state index in [-0.39, 0.29) is 59.8 Å². The first-order chi connectivity index (χ1) is 13.0. The number of benzene rings is 1. The number of fused-ring (bicyclic) bond motifs is 6. The first-order valence-corrected chi connectivity index (χ1v) is 9.57. The molecule has 3 amide bonds. The summed E-state index contributed by atoms with van der Waals surface area (Å²) in [5.74, 6) is -1.14. The van der Waals surface area contributed by atoms with Crippen LogP contribution in [0.2, 0.25) is 0 Å². The van der Waals surface area contributed by atoms with Crippen molar-refractivity contribution in [3.8, 4) is 0 Å². The topological polar surface area (TPSA) is 57.7 Å². The van der Waals surface area contributed by atoms with Gasteiger partial charge in [0.2, 0.25) is 17.7 Å². The molecule has 0 radical (unpaired) electrons. The molecule has 1 aromatic rings. The van der Waals surface area contributed by atoms with Crippen molar-refractivity contribution in [2.75, 3.05) is 13.1 Å². The van der Waals surface area contributed by atoms with E-state index in [9.17, 15) is 18.8 Å². The second-order valence-electron chi connectivity index (χ2n) is 8.12. The molecule has 27 heavy (non-hydrogen) atoms. The Hall–Kier alpha value is -2.50. The molecule has 0 unspecified atom stereocenters. The molecule has 1 saturated carbocycles. The summed E-state index contributed by atoms with van der Waals surface area (Å²) in [5, 5.41) is 0. The lowest BCUT2D eigenvalue weighted by Gasteiger charge is -2.36. The van der Waals surface area contributed by atoms with Crippen molar-refractivity contribution in [3.05, 3.63) is 47.3 Å². The summed E-state index contributed by atoms with van der Waals surface area (Å²) < 4.78 is 13.4. The van der Waals surface area contributed by atoms with E-state index in [1.54, 1.807) is 11.0 Å². The molecule has 5 rings (SSSR count). The molecule has 0 N–H and O–H groups in total. The zero-order valence-corrected chi connectivity index (χ0v) is 15.1. The van der Waals surface area contributed by atoms with E-state index in [1.807, 2.05) is 19.1 Å². The maximum Gasteiger partial charge on any atom is 0.243 e. The highest BCUT2D eigenvalue weighted by molar-refractivity contribution is 6.08. The number of carbonyl (C=O) groups excluding carboxylic acids is 3. The van der Waals surface area contributed by atoms with Crippen molar-refractivity contribution in [3.63, 3.8) is 0 Å². The second kappa shape index (κ2) is 5.75. The molecule has 2 fully saturated rings. The number of likely N-dealkylation sites (tertiary alicyclic amines) is 1. The summed E-state index contributed by atoms with van der Waals surface area (Å²) in [6, 6.07) is 4.44. The minimum atomic E-state index is -0.275. The van der Waals surface area contributed by atoms with Crippen LogP contribution in [0, 0.1) is 29.5 Å². The summed E-state index contributed by atoms with van der Waals surface area (Å²) in [6.07, 6.45) is 5.55. The number of halogens is 1. The van der Waals surface area contributed by atoms with E-state index >= 15 is 0 Å². The molecule has 0 spiro atoms. The van der Waals surface area contributed by atoms with E-state index in [2.05, 4.69) is 0 Å². The van der Waals surface area contributed by atoms with Crippen LogP contribution in [0.1, 0.15) is 30.5 Å².